The van der Waals surface area contributed by atoms with Gasteiger partial charge in [0.25, 0.3) is 5.89 Å². The molecular formula is C22H20N6O4. The van der Waals surface area contributed by atoms with Crippen LogP contribution in [0, 0.1) is 6.92 Å². The zero-order valence-electron chi connectivity index (χ0n) is 17.5. The average Bonchev–Trinajstić information content (AvgIpc) is 3.46. The molecule has 2 aromatic carbocycles. The van der Waals surface area contributed by atoms with Crippen LogP contribution in [0.2, 0.25) is 0 Å². The lowest BCUT2D eigenvalue weighted by Crippen LogP contribution is -2.15. The van der Waals surface area contributed by atoms with Crippen LogP contribution in [0.3, 0.4) is 0 Å². The molecule has 0 atom stereocenters. The number of benzene rings is 2. The van der Waals surface area contributed by atoms with E-state index in [-0.39, 0.29) is 18.2 Å². The summed E-state index contributed by atoms with van der Waals surface area (Å²) in [6.45, 7) is 3.87. The maximum absolute atomic E-state index is 12.9. The molecule has 0 saturated heterocycles. The van der Waals surface area contributed by atoms with Crippen molar-refractivity contribution < 1.29 is 18.8 Å². The Morgan fingerprint density at radius 2 is 1.91 bits per heavy atom. The van der Waals surface area contributed by atoms with Crippen LogP contribution in [0.1, 0.15) is 24.2 Å². The smallest absolute Gasteiger partial charge is 0.357 e. The number of esters is 1. The van der Waals surface area contributed by atoms with E-state index < -0.39 is 5.97 Å². The Bertz CT molecular complexity index is 1230. The Hall–Kier alpha value is -4.34. The lowest BCUT2D eigenvalue weighted by molar-refractivity contribution is -0.139. The molecule has 0 saturated carbocycles. The maximum atomic E-state index is 12.9. The van der Waals surface area contributed by atoms with Crippen molar-refractivity contribution in [3.8, 4) is 17.1 Å². The summed E-state index contributed by atoms with van der Waals surface area (Å²) >= 11 is 0. The molecule has 162 valence electrons. The molecular weight excluding hydrogens is 412 g/mol. The molecule has 4 aromatic rings. The van der Waals surface area contributed by atoms with E-state index in [2.05, 4.69) is 25.7 Å². The van der Waals surface area contributed by atoms with Crippen LogP contribution in [0.15, 0.2) is 59.1 Å². The zero-order valence-corrected chi connectivity index (χ0v) is 17.5. The van der Waals surface area contributed by atoms with Crippen LogP contribution >= 0.6 is 0 Å². The van der Waals surface area contributed by atoms with E-state index in [1.165, 1.54) is 4.68 Å². The summed E-state index contributed by atoms with van der Waals surface area (Å²) in [7, 11) is 0. The molecule has 0 radical (unpaired) electrons. The second-order valence-corrected chi connectivity index (χ2v) is 6.60. The second-order valence-electron chi connectivity index (χ2n) is 6.60. The van der Waals surface area contributed by atoms with E-state index in [0.717, 1.165) is 5.56 Å². The first-order chi connectivity index (χ1) is 15.7. The molecule has 10 nitrogen and oxygen atoms in total. The Kier molecular flexibility index (Phi) is 6.30. The predicted octanol–water partition coefficient (Wildman–Crippen LogP) is 3.17. The van der Waals surface area contributed by atoms with Crippen LogP contribution in [0.4, 0.5) is 0 Å². The number of aryl methyl sites for hydroxylation is 1. The summed E-state index contributed by atoms with van der Waals surface area (Å²) in [6.07, 6.45) is 1.64. The van der Waals surface area contributed by atoms with Gasteiger partial charge >= 0.3 is 5.97 Å². The van der Waals surface area contributed by atoms with Gasteiger partial charge in [-0.1, -0.05) is 47.6 Å². The third-order valence-corrected chi connectivity index (χ3v) is 4.39. The Morgan fingerprint density at radius 1 is 1.12 bits per heavy atom. The van der Waals surface area contributed by atoms with Crippen molar-refractivity contribution in [2.24, 2.45) is 0 Å². The van der Waals surface area contributed by atoms with Gasteiger partial charge in [-0.25, -0.2) is 4.79 Å². The molecule has 0 aliphatic rings. The summed E-state index contributed by atoms with van der Waals surface area (Å²) in [6, 6.07) is 16.7. The van der Waals surface area contributed by atoms with Gasteiger partial charge in [0.1, 0.15) is 5.75 Å². The number of hydrogen-bond acceptors (Lipinski definition) is 9. The molecule has 0 spiro atoms. The predicted molar refractivity (Wildman–Crippen MR) is 114 cm³/mol. The van der Waals surface area contributed by atoms with E-state index in [0.29, 0.717) is 29.6 Å². The van der Waals surface area contributed by atoms with Crippen LogP contribution in [-0.4, -0.2) is 42.9 Å². The minimum absolute atomic E-state index is 0.146. The number of aromatic nitrogens is 6. The van der Waals surface area contributed by atoms with E-state index in [4.69, 9.17) is 14.0 Å². The molecule has 0 aliphatic carbocycles. The van der Waals surface area contributed by atoms with Gasteiger partial charge in [0.2, 0.25) is 5.82 Å². The molecule has 2 aromatic heterocycles. The molecule has 2 heterocycles. The van der Waals surface area contributed by atoms with E-state index >= 15 is 0 Å². The van der Waals surface area contributed by atoms with Gasteiger partial charge in [-0.2, -0.15) is 9.67 Å². The summed E-state index contributed by atoms with van der Waals surface area (Å²) in [4.78, 5) is 17.2. The van der Waals surface area contributed by atoms with Crippen molar-refractivity contribution in [1.29, 1.82) is 0 Å². The number of carbonyl (C=O) groups excluding carboxylic acids is 1. The highest BCUT2D eigenvalue weighted by atomic mass is 16.6. The Balaban J connectivity index is 1.52. The standard InChI is InChI=1S/C22H20N6O4/c1-3-30-19-12-8-7-11-17(19)21-23-20(32-25-21)14-31-22(29)18(28-15(2)24-26-27-28)13-16-9-5-4-6-10-16/h4-13H,3,14H2,1-2H3/b18-13-. The highest BCUT2D eigenvalue weighted by Gasteiger charge is 2.20. The van der Waals surface area contributed by atoms with Crippen molar-refractivity contribution in [2.45, 2.75) is 20.5 Å². The third kappa shape index (κ3) is 4.69. The van der Waals surface area contributed by atoms with Crippen molar-refractivity contribution in [2.75, 3.05) is 6.61 Å². The van der Waals surface area contributed by atoms with Gasteiger partial charge in [0.05, 0.1) is 12.2 Å². The summed E-state index contributed by atoms with van der Waals surface area (Å²) in [5.41, 5.74) is 1.63. The molecule has 32 heavy (non-hydrogen) atoms. The monoisotopic (exact) mass is 432 g/mol. The lowest BCUT2D eigenvalue weighted by atomic mass is 10.2. The van der Waals surface area contributed by atoms with Gasteiger partial charge in [-0.15, -0.1) is 5.10 Å². The fraction of sp³-hybridized carbons (Fsp3) is 0.182. The molecule has 0 bridgehead atoms. The van der Waals surface area contributed by atoms with Crippen molar-refractivity contribution >= 4 is 17.7 Å². The van der Waals surface area contributed by atoms with Crippen LogP contribution in [-0.2, 0) is 16.1 Å². The molecule has 0 N–H and O–H groups in total. The zero-order chi connectivity index (χ0) is 22.3. The van der Waals surface area contributed by atoms with Crippen LogP contribution in [0.5, 0.6) is 5.75 Å². The van der Waals surface area contributed by atoms with E-state index in [1.54, 1.807) is 13.0 Å². The molecule has 0 unspecified atom stereocenters. The number of hydrogen-bond donors (Lipinski definition) is 0. The number of ether oxygens (including phenoxy) is 2. The highest BCUT2D eigenvalue weighted by Crippen LogP contribution is 2.27. The lowest BCUT2D eigenvalue weighted by Gasteiger charge is -2.07. The van der Waals surface area contributed by atoms with Gasteiger partial charge in [-0.3, -0.25) is 0 Å². The van der Waals surface area contributed by atoms with Crippen LogP contribution in [0.25, 0.3) is 23.2 Å². The molecule has 4 rings (SSSR count). The van der Waals surface area contributed by atoms with Gasteiger partial charge in [-0.05, 0) is 48.0 Å². The van der Waals surface area contributed by atoms with E-state index in [1.807, 2.05) is 61.5 Å². The van der Waals surface area contributed by atoms with Gasteiger partial charge in [0.15, 0.2) is 18.1 Å². The first-order valence-electron chi connectivity index (χ1n) is 9.89. The summed E-state index contributed by atoms with van der Waals surface area (Å²) in [5, 5.41) is 15.3. The van der Waals surface area contributed by atoms with Crippen LogP contribution < -0.4 is 4.74 Å². The second kappa shape index (κ2) is 9.65. The molecule has 10 heteroatoms. The molecule has 0 amide bonds. The Morgan fingerprint density at radius 3 is 2.66 bits per heavy atom. The van der Waals surface area contributed by atoms with Crippen molar-refractivity contribution in [1.82, 2.24) is 30.3 Å². The largest absolute Gasteiger partial charge is 0.493 e. The quantitative estimate of drug-likeness (QED) is 0.305. The average molecular weight is 432 g/mol. The SMILES string of the molecule is CCOc1ccccc1-c1noc(COC(=O)/C(=C/c2ccccc2)n2nnnc2C)n1. The van der Waals surface area contributed by atoms with Crippen molar-refractivity contribution in [3.05, 3.63) is 71.9 Å². The first-order valence-corrected chi connectivity index (χ1v) is 9.89. The fourth-order valence-corrected chi connectivity index (χ4v) is 2.92. The summed E-state index contributed by atoms with van der Waals surface area (Å²) in [5.74, 6) is 0.931. The Labute approximate surface area is 183 Å². The normalized spacial score (nSPS) is 11.4. The van der Waals surface area contributed by atoms with Gasteiger partial charge < -0.3 is 14.0 Å². The molecule has 0 fully saturated rings. The number of tetrazole rings is 1. The first kappa shape index (κ1) is 20.9. The molecule has 0 aliphatic heterocycles. The highest BCUT2D eigenvalue weighted by molar-refractivity contribution is 6.15. The van der Waals surface area contributed by atoms with Crippen molar-refractivity contribution in [3.63, 3.8) is 0 Å². The minimum Gasteiger partial charge on any atom is -0.493 e. The minimum atomic E-state index is -0.640. The fourth-order valence-electron chi connectivity index (χ4n) is 2.92. The topological polar surface area (TPSA) is 118 Å². The third-order valence-electron chi connectivity index (χ3n) is 4.39. The number of nitrogens with zero attached hydrogens (tertiary/aromatic N) is 6. The number of carbonyl (C=O) groups is 1. The summed E-state index contributed by atoms with van der Waals surface area (Å²) < 4.78 is 17.6. The number of para-hydroxylation sites is 1. The van der Waals surface area contributed by atoms with Gasteiger partial charge in [0, 0.05) is 0 Å². The maximum Gasteiger partial charge on any atom is 0.357 e. The van der Waals surface area contributed by atoms with E-state index in [9.17, 15) is 4.79 Å². The number of rotatable bonds is 8.